The summed E-state index contributed by atoms with van der Waals surface area (Å²) >= 11 is 1.72. The largest absolute Gasteiger partial charge is 0.340 e. The summed E-state index contributed by atoms with van der Waals surface area (Å²) in [5.41, 5.74) is 3.27. The van der Waals surface area contributed by atoms with Crippen LogP contribution in [0.4, 0.5) is 0 Å². The average Bonchev–Trinajstić information content (AvgIpc) is 3.09. The third-order valence-corrected chi connectivity index (χ3v) is 4.68. The van der Waals surface area contributed by atoms with Crippen LogP contribution in [-0.4, -0.2) is 39.3 Å². The molecule has 0 bridgehead atoms. The van der Waals surface area contributed by atoms with E-state index in [-0.39, 0.29) is 11.9 Å². The highest BCUT2D eigenvalue weighted by molar-refractivity contribution is 7.98. The van der Waals surface area contributed by atoms with Crippen molar-refractivity contribution in [1.29, 1.82) is 0 Å². The number of carbonyl (C=O) groups excluding carboxylic acids is 1. The minimum absolute atomic E-state index is 0.118. The van der Waals surface area contributed by atoms with E-state index in [1.165, 1.54) is 5.56 Å². The van der Waals surface area contributed by atoms with E-state index in [0.29, 0.717) is 6.42 Å². The molecule has 0 aliphatic carbocycles. The van der Waals surface area contributed by atoms with Gasteiger partial charge in [-0.3, -0.25) is 4.79 Å². The lowest BCUT2D eigenvalue weighted by molar-refractivity contribution is -0.131. The second kappa shape index (κ2) is 6.10. The maximum atomic E-state index is 12.3. The van der Waals surface area contributed by atoms with Crippen LogP contribution in [-0.2, 0) is 4.79 Å². The van der Waals surface area contributed by atoms with E-state index < -0.39 is 0 Å². The lowest BCUT2D eigenvalue weighted by Gasteiger charge is -2.23. The van der Waals surface area contributed by atoms with Crippen LogP contribution in [0.5, 0.6) is 0 Å². The normalized spacial score (nSPS) is 18.6. The number of thioether (sulfide) groups is 1. The van der Waals surface area contributed by atoms with Crippen LogP contribution in [0, 0.1) is 6.92 Å². The number of nitrogens with one attached hydrogen (secondary N) is 1. The summed E-state index contributed by atoms with van der Waals surface area (Å²) < 4.78 is 0. The fourth-order valence-electron chi connectivity index (χ4n) is 2.98. The Balaban J connectivity index is 1.84. The molecule has 5 heteroatoms. The zero-order chi connectivity index (χ0) is 14.8. The maximum absolute atomic E-state index is 12.3. The Morgan fingerprint density at radius 1 is 1.52 bits per heavy atom. The summed E-state index contributed by atoms with van der Waals surface area (Å²) in [6.07, 6.45) is 4.73. The summed E-state index contributed by atoms with van der Waals surface area (Å²) in [6.45, 7) is 2.93. The van der Waals surface area contributed by atoms with Crippen LogP contribution in [0.1, 0.15) is 36.7 Å². The Labute approximate surface area is 129 Å². The number of benzene rings is 1. The smallest absolute Gasteiger partial charge is 0.224 e. The molecule has 4 nitrogen and oxygen atoms in total. The van der Waals surface area contributed by atoms with Crippen molar-refractivity contribution < 1.29 is 4.79 Å². The van der Waals surface area contributed by atoms with Crippen molar-refractivity contribution >= 4 is 28.7 Å². The molecule has 112 valence electrons. The molecule has 0 radical (unpaired) electrons. The Morgan fingerprint density at radius 2 is 2.38 bits per heavy atom. The molecular formula is C16H21N3OS. The molecule has 3 rings (SSSR count). The minimum atomic E-state index is 0.118. The first kappa shape index (κ1) is 14.4. The van der Waals surface area contributed by atoms with Crippen molar-refractivity contribution in [3.05, 3.63) is 29.6 Å². The number of amides is 1. The van der Waals surface area contributed by atoms with Gasteiger partial charge in [0.2, 0.25) is 5.91 Å². The number of rotatable bonds is 4. The second-order valence-electron chi connectivity index (χ2n) is 5.63. The highest BCUT2D eigenvalue weighted by atomic mass is 32.2. The highest BCUT2D eigenvalue weighted by Gasteiger charge is 2.31. The number of H-pyrrole nitrogens is 1. The minimum Gasteiger partial charge on any atom is -0.340 e. The van der Waals surface area contributed by atoms with Crippen molar-refractivity contribution in [2.24, 2.45) is 0 Å². The zero-order valence-corrected chi connectivity index (χ0v) is 13.4. The van der Waals surface area contributed by atoms with Gasteiger partial charge in [-0.25, -0.2) is 4.98 Å². The Kier molecular flexibility index (Phi) is 4.19. The SMILES string of the molecule is CSCCC(=O)N1CCCC1c1nc2ccc(C)cc2[nH]1. The number of hydrogen-bond donors (Lipinski definition) is 1. The lowest BCUT2D eigenvalue weighted by Crippen LogP contribution is -2.31. The van der Waals surface area contributed by atoms with E-state index in [2.05, 4.69) is 24.0 Å². The topological polar surface area (TPSA) is 49.0 Å². The van der Waals surface area contributed by atoms with Crippen molar-refractivity contribution in [2.45, 2.75) is 32.2 Å². The highest BCUT2D eigenvalue weighted by Crippen LogP contribution is 2.32. The molecule has 1 aromatic heterocycles. The first-order valence-corrected chi connectivity index (χ1v) is 8.83. The van der Waals surface area contributed by atoms with E-state index in [1.54, 1.807) is 11.8 Å². The maximum Gasteiger partial charge on any atom is 0.224 e. The number of likely N-dealkylation sites (tertiary alicyclic amines) is 1. The van der Waals surface area contributed by atoms with Crippen LogP contribution in [0.25, 0.3) is 11.0 Å². The van der Waals surface area contributed by atoms with Gasteiger partial charge in [0.25, 0.3) is 0 Å². The summed E-state index contributed by atoms with van der Waals surface area (Å²) in [4.78, 5) is 22.4. The molecule has 1 aliphatic rings. The molecule has 1 N–H and O–H groups in total. The number of aromatic amines is 1. The number of nitrogens with zero attached hydrogens (tertiary/aromatic N) is 2. The molecule has 2 heterocycles. The Morgan fingerprint density at radius 3 is 3.19 bits per heavy atom. The zero-order valence-electron chi connectivity index (χ0n) is 12.6. The van der Waals surface area contributed by atoms with E-state index in [0.717, 1.165) is 42.0 Å². The molecule has 1 fully saturated rings. The van der Waals surface area contributed by atoms with Gasteiger partial charge in [-0.15, -0.1) is 0 Å². The number of aryl methyl sites for hydroxylation is 1. The van der Waals surface area contributed by atoms with Gasteiger partial charge >= 0.3 is 0 Å². The van der Waals surface area contributed by atoms with Gasteiger partial charge < -0.3 is 9.88 Å². The lowest BCUT2D eigenvalue weighted by atomic mass is 10.2. The first-order chi connectivity index (χ1) is 10.2. The van der Waals surface area contributed by atoms with E-state index in [1.807, 2.05) is 17.2 Å². The van der Waals surface area contributed by atoms with Crippen LogP contribution in [0.2, 0.25) is 0 Å². The van der Waals surface area contributed by atoms with Gasteiger partial charge in [-0.1, -0.05) is 6.07 Å². The molecule has 1 amide bonds. The molecular weight excluding hydrogens is 282 g/mol. The summed E-state index contributed by atoms with van der Waals surface area (Å²) in [6, 6.07) is 6.34. The fourth-order valence-corrected chi connectivity index (χ4v) is 3.36. The third-order valence-electron chi connectivity index (χ3n) is 4.06. The molecule has 21 heavy (non-hydrogen) atoms. The van der Waals surface area contributed by atoms with Gasteiger partial charge in [0.05, 0.1) is 17.1 Å². The molecule has 0 saturated carbocycles. The van der Waals surface area contributed by atoms with Crippen molar-refractivity contribution in [2.75, 3.05) is 18.6 Å². The van der Waals surface area contributed by atoms with Gasteiger partial charge in [0.15, 0.2) is 0 Å². The number of imidazole rings is 1. The van der Waals surface area contributed by atoms with Gasteiger partial charge in [-0.2, -0.15) is 11.8 Å². The van der Waals surface area contributed by atoms with Crippen LogP contribution in [0.3, 0.4) is 0 Å². The van der Waals surface area contributed by atoms with Gasteiger partial charge in [0.1, 0.15) is 5.82 Å². The van der Waals surface area contributed by atoms with Crippen molar-refractivity contribution in [1.82, 2.24) is 14.9 Å². The summed E-state index contributed by atoms with van der Waals surface area (Å²) in [7, 11) is 0. The molecule has 1 atom stereocenters. The van der Waals surface area contributed by atoms with Crippen LogP contribution < -0.4 is 0 Å². The molecule has 1 aliphatic heterocycles. The number of fused-ring (bicyclic) bond motifs is 1. The van der Waals surface area contributed by atoms with Gasteiger partial charge in [-0.05, 0) is 43.7 Å². The standard InChI is InChI=1S/C16H21N3OS/c1-11-5-6-12-13(10-11)18-16(17-12)14-4-3-8-19(14)15(20)7-9-21-2/h5-6,10,14H,3-4,7-9H2,1-2H3,(H,17,18). The number of aromatic nitrogens is 2. The van der Waals surface area contributed by atoms with E-state index in [9.17, 15) is 4.79 Å². The Hall–Kier alpha value is -1.49. The third kappa shape index (κ3) is 2.93. The second-order valence-corrected chi connectivity index (χ2v) is 6.62. The quantitative estimate of drug-likeness (QED) is 0.943. The predicted octanol–water partition coefficient (Wildman–Crippen LogP) is 3.29. The van der Waals surface area contributed by atoms with Crippen LogP contribution in [0.15, 0.2) is 18.2 Å². The average molecular weight is 303 g/mol. The monoisotopic (exact) mass is 303 g/mol. The summed E-state index contributed by atoms with van der Waals surface area (Å²) in [5.74, 6) is 2.08. The summed E-state index contributed by atoms with van der Waals surface area (Å²) in [5, 5.41) is 0. The molecule has 2 aromatic rings. The number of hydrogen-bond acceptors (Lipinski definition) is 3. The predicted molar refractivity (Wildman–Crippen MR) is 87.5 cm³/mol. The Bertz CT molecular complexity index is 652. The van der Waals surface area contributed by atoms with Crippen molar-refractivity contribution in [3.8, 4) is 0 Å². The molecule has 0 spiro atoms. The molecule has 1 unspecified atom stereocenters. The van der Waals surface area contributed by atoms with E-state index in [4.69, 9.17) is 4.98 Å². The number of carbonyl (C=O) groups is 1. The van der Waals surface area contributed by atoms with Crippen molar-refractivity contribution in [3.63, 3.8) is 0 Å². The van der Waals surface area contributed by atoms with Crippen LogP contribution >= 0.6 is 11.8 Å². The molecule has 1 aromatic carbocycles. The van der Waals surface area contributed by atoms with Gasteiger partial charge in [0, 0.05) is 18.7 Å². The molecule has 1 saturated heterocycles. The van der Waals surface area contributed by atoms with E-state index >= 15 is 0 Å². The first-order valence-electron chi connectivity index (χ1n) is 7.43. The fraction of sp³-hybridized carbons (Fsp3) is 0.500.